The summed E-state index contributed by atoms with van der Waals surface area (Å²) in [5.41, 5.74) is 2.86. The Morgan fingerprint density at radius 3 is 2.39 bits per heavy atom. The van der Waals surface area contributed by atoms with Crippen LogP contribution in [0.1, 0.15) is 11.5 Å². The van der Waals surface area contributed by atoms with Crippen LogP contribution in [0.5, 0.6) is 0 Å². The summed E-state index contributed by atoms with van der Waals surface area (Å²) < 4.78 is 35.6. The first-order valence-electron chi connectivity index (χ1n) is 10.1. The third-order valence-corrected chi connectivity index (χ3v) is 5.82. The summed E-state index contributed by atoms with van der Waals surface area (Å²) in [6.07, 6.45) is 0. The van der Waals surface area contributed by atoms with E-state index in [-0.39, 0.29) is 5.69 Å². The molecule has 164 valence electrons. The summed E-state index contributed by atoms with van der Waals surface area (Å²) >= 11 is 1.27. The van der Waals surface area contributed by atoms with Crippen LogP contribution < -0.4 is 0 Å². The van der Waals surface area contributed by atoms with E-state index < -0.39 is 11.6 Å². The Kier molecular flexibility index (Phi) is 5.70. The van der Waals surface area contributed by atoms with E-state index in [1.165, 1.54) is 23.9 Å². The molecule has 0 atom stereocenters. The lowest BCUT2D eigenvalue weighted by Gasteiger charge is -2.11. The van der Waals surface area contributed by atoms with E-state index in [4.69, 9.17) is 4.42 Å². The molecule has 0 amide bonds. The molecule has 6 nitrogen and oxygen atoms in total. The third-order valence-electron chi connectivity index (χ3n) is 4.91. The zero-order chi connectivity index (χ0) is 22.8. The standard InChI is InChI=1S/C24H17F2N5OS/c1-15-7-9-17(10-8-15)23-29-27-21(32-23)14-33-24-30-28-22(16-5-3-2-4-6-16)31(24)20-12-11-18(25)13-19(20)26/h2-13H,14H2,1H3. The second kappa shape index (κ2) is 8.95. The van der Waals surface area contributed by atoms with Gasteiger partial charge in [-0.05, 0) is 31.2 Å². The molecule has 0 aliphatic heterocycles. The van der Waals surface area contributed by atoms with Crippen molar-refractivity contribution >= 4 is 11.8 Å². The number of hydrogen-bond acceptors (Lipinski definition) is 6. The second-order valence-electron chi connectivity index (χ2n) is 7.26. The maximum absolute atomic E-state index is 14.7. The molecule has 0 aliphatic rings. The van der Waals surface area contributed by atoms with E-state index in [9.17, 15) is 8.78 Å². The van der Waals surface area contributed by atoms with E-state index in [1.54, 1.807) is 4.57 Å². The van der Waals surface area contributed by atoms with Crippen LogP contribution in [0.25, 0.3) is 28.5 Å². The molecule has 33 heavy (non-hydrogen) atoms. The van der Waals surface area contributed by atoms with E-state index in [0.717, 1.165) is 22.8 Å². The highest BCUT2D eigenvalue weighted by Gasteiger charge is 2.20. The second-order valence-corrected chi connectivity index (χ2v) is 8.20. The first kappa shape index (κ1) is 21.0. The average molecular weight is 461 g/mol. The van der Waals surface area contributed by atoms with Gasteiger partial charge < -0.3 is 4.42 Å². The molecule has 2 aromatic heterocycles. The Hall–Kier alpha value is -3.85. The predicted molar refractivity (Wildman–Crippen MR) is 121 cm³/mol. The highest BCUT2D eigenvalue weighted by atomic mass is 32.2. The van der Waals surface area contributed by atoms with E-state index in [2.05, 4.69) is 20.4 Å². The first-order chi connectivity index (χ1) is 16.1. The number of benzene rings is 3. The van der Waals surface area contributed by atoms with Crippen LogP contribution in [0.4, 0.5) is 8.78 Å². The van der Waals surface area contributed by atoms with Crippen LogP contribution in [-0.2, 0) is 5.75 Å². The number of halogens is 2. The molecule has 0 bridgehead atoms. The van der Waals surface area contributed by atoms with Gasteiger partial charge in [-0.1, -0.05) is 59.8 Å². The van der Waals surface area contributed by atoms with Gasteiger partial charge in [-0.3, -0.25) is 4.57 Å². The van der Waals surface area contributed by atoms with Crippen molar-refractivity contribution in [1.29, 1.82) is 0 Å². The third kappa shape index (κ3) is 4.40. The number of aryl methyl sites for hydroxylation is 1. The molecular weight excluding hydrogens is 444 g/mol. The maximum Gasteiger partial charge on any atom is 0.247 e. The molecule has 0 saturated heterocycles. The Morgan fingerprint density at radius 2 is 1.64 bits per heavy atom. The van der Waals surface area contributed by atoms with Crippen LogP contribution in [0.15, 0.2) is 82.4 Å². The van der Waals surface area contributed by atoms with Crippen molar-refractivity contribution in [3.63, 3.8) is 0 Å². The molecule has 5 rings (SSSR count). The Balaban J connectivity index is 1.46. The van der Waals surface area contributed by atoms with Crippen molar-refractivity contribution in [2.45, 2.75) is 17.8 Å². The Bertz CT molecular complexity index is 1400. The molecule has 0 saturated carbocycles. The van der Waals surface area contributed by atoms with Crippen molar-refractivity contribution in [2.75, 3.05) is 0 Å². The zero-order valence-electron chi connectivity index (χ0n) is 17.4. The van der Waals surface area contributed by atoms with Crippen LogP contribution in [0.2, 0.25) is 0 Å². The molecule has 0 fully saturated rings. The highest BCUT2D eigenvalue weighted by molar-refractivity contribution is 7.98. The topological polar surface area (TPSA) is 69.6 Å². The molecule has 0 radical (unpaired) electrons. The SMILES string of the molecule is Cc1ccc(-c2nnc(CSc3nnc(-c4ccccc4)n3-c3ccc(F)cc3F)o2)cc1. The van der Waals surface area contributed by atoms with Crippen molar-refractivity contribution in [3.8, 4) is 28.5 Å². The molecule has 9 heteroatoms. The molecule has 0 unspecified atom stereocenters. The molecule has 3 aromatic carbocycles. The van der Waals surface area contributed by atoms with Gasteiger partial charge in [-0.2, -0.15) is 0 Å². The zero-order valence-corrected chi connectivity index (χ0v) is 18.3. The van der Waals surface area contributed by atoms with Gasteiger partial charge in [-0.25, -0.2) is 8.78 Å². The van der Waals surface area contributed by atoms with Gasteiger partial charge in [0.2, 0.25) is 11.8 Å². The van der Waals surface area contributed by atoms with Crippen molar-refractivity contribution < 1.29 is 13.2 Å². The number of nitrogens with zero attached hydrogens (tertiary/aromatic N) is 5. The van der Waals surface area contributed by atoms with E-state index >= 15 is 0 Å². The monoisotopic (exact) mass is 461 g/mol. The lowest BCUT2D eigenvalue weighted by Crippen LogP contribution is -2.03. The molecular formula is C24H17F2N5OS. The fourth-order valence-electron chi connectivity index (χ4n) is 3.27. The minimum Gasteiger partial charge on any atom is -0.420 e. The molecule has 0 spiro atoms. The Morgan fingerprint density at radius 1 is 0.848 bits per heavy atom. The van der Waals surface area contributed by atoms with Gasteiger partial charge in [0.25, 0.3) is 0 Å². The van der Waals surface area contributed by atoms with Crippen molar-refractivity contribution in [3.05, 3.63) is 95.9 Å². The molecule has 0 aliphatic carbocycles. The van der Waals surface area contributed by atoms with Gasteiger partial charge in [0.15, 0.2) is 11.0 Å². The number of thioether (sulfide) groups is 1. The number of rotatable bonds is 6. The molecule has 2 heterocycles. The van der Waals surface area contributed by atoms with Gasteiger partial charge in [-0.15, -0.1) is 20.4 Å². The lowest BCUT2D eigenvalue weighted by molar-refractivity contribution is 0.528. The minimum absolute atomic E-state index is 0.147. The van der Waals surface area contributed by atoms with E-state index in [1.807, 2.05) is 61.5 Å². The average Bonchev–Trinajstić information content (AvgIpc) is 3.46. The van der Waals surface area contributed by atoms with Crippen molar-refractivity contribution in [1.82, 2.24) is 25.0 Å². The quantitative estimate of drug-likeness (QED) is 0.295. The van der Waals surface area contributed by atoms with Gasteiger partial charge >= 0.3 is 0 Å². The number of hydrogen-bond donors (Lipinski definition) is 0. The minimum atomic E-state index is -0.715. The first-order valence-corrected chi connectivity index (χ1v) is 11.1. The van der Waals surface area contributed by atoms with Gasteiger partial charge in [0, 0.05) is 17.2 Å². The fraction of sp³-hybridized carbons (Fsp3) is 0.0833. The predicted octanol–water partition coefficient (Wildman–Crippen LogP) is 5.86. The summed E-state index contributed by atoms with van der Waals surface area (Å²) in [6, 6.07) is 20.5. The summed E-state index contributed by atoms with van der Waals surface area (Å²) in [5.74, 6) is 0.179. The normalized spacial score (nSPS) is 11.1. The summed E-state index contributed by atoms with van der Waals surface area (Å²) in [4.78, 5) is 0. The van der Waals surface area contributed by atoms with E-state index in [0.29, 0.717) is 28.5 Å². The summed E-state index contributed by atoms with van der Waals surface area (Å²) in [5, 5.41) is 17.1. The smallest absolute Gasteiger partial charge is 0.247 e. The largest absolute Gasteiger partial charge is 0.420 e. The van der Waals surface area contributed by atoms with Crippen molar-refractivity contribution in [2.24, 2.45) is 0 Å². The fourth-order valence-corrected chi connectivity index (χ4v) is 4.05. The lowest BCUT2D eigenvalue weighted by atomic mass is 10.1. The van der Waals surface area contributed by atoms with Crippen LogP contribution in [0.3, 0.4) is 0 Å². The van der Waals surface area contributed by atoms with Crippen LogP contribution in [0, 0.1) is 18.6 Å². The maximum atomic E-state index is 14.7. The number of aromatic nitrogens is 5. The van der Waals surface area contributed by atoms with Gasteiger partial charge in [0.05, 0.1) is 11.4 Å². The Labute approximate surface area is 192 Å². The highest BCUT2D eigenvalue weighted by Crippen LogP contribution is 2.31. The van der Waals surface area contributed by atoms with Crippen LogP contribution >= 0.6 is 11.8 Å². The summed E-state index contributed by atoms with van der Waals surface area (Å²) in [7, 11) is 0. The summed E-state index contributed by atoms with van der Waals surface area (Å²) in [6.45, 7) is 2.00. The molecule has 0 N–H and O–H groups in total. The molecule has 5 aromatic rings. The van der Waals surface area contributed by atoms with Crippen LogP contribution in [-0.4, -0.2) is 25.0 Å². The van der Waals surface area contributed by atoms with Gasteiger partial charge in [0.1, 0.15) is 11.6 Å².